The number of rotatable bonds is 9. The van der Waals surface area contributed by atoms with Gasteiger partial charge in [0.05, 0.1) is 5.56 Å². The molecule has 3 aromatic rings. The van der Waals surface area contributed by atoms with Crippen LogP contribution in [0.3, 0.4) is 0 Å². The van der Waals surface area contributed by atoms with E-state index in [-0.39, 0.29) is 20.2 Å². The summed E-state index contributed by atoms with van der Waals surface area (Å²) in [6.07, 6.45) is -7.25. The molecule has 0 spiro atoms. The lowest BCUT2D eigenvalue weighted by atomic mass is 10.1. The number of alkyl halides is 9. The van der Waals surface area contributed by atoms with Crippen molar-refractivity contribution in [1.82, 2.24) is 0 Å². The van der Waals surface area contributed by atoms with E-state index < -0.39 is 55.3 Å². The van der Waals surface area contributed by atoms with Gasteiger partial charge in [-0.05, 0) is 79.6 Å². The van der Waals surface area contributed by atoms with Gasteiger partial charge in [-0.1, -0.05) is 36.4 Å². The molecule has 3 rings (SSSR count). The Hall–Kier alpha value is -3.24. The molecule has 0 aliphatic heterocycles. The van der Waals surface area contributed by atoms with Gasteiger partial charge in [0.2, 0.25) is 0 Å². The maximum Gasteiger partial charge on any atom is 0.460 e. The molecule has 5 nitrogen and oxygen atoms in total. The van der Waals surface area contributed by atoms with Crippen LogP contribution >= 0.6 is 10.3 Å². The lowest BCUT2D eigenvalue weighted by Gasteiger charge is -2.41. The number of carbonyl (C=O) groups is 1. The molecule has 3 aromatic carbocycles. The molecule has 0 aliphatic carbocycles. The zero-order valence-corrected chi connectivity index (χ0v) is 24.0. The number of ether oxygens (including phenoxy) is 1. The predicted molar refractivity (Wildman–Crippen MR) is 138 cm³/mol. The van der Waals surface area contributed by atoms with E-state index in [0.29, 0.717) is 0 Å². The van der Waals surface area contributed by atoms with E-state index in [1.54, 1.807) is 20.8 Å². The average Bonchev–Trinajstić information content (AvgIpc) is 2.91. The van der Waals surface area contributed by atoms with Gasteiger partial charge in [0.25, 0.3) is 0 Å². The molecule has 0 bridgehead atoms. The van der Waals surface area contributed by atoms with Gasteiger partial charge in [0, 0.05) is 14.7 Å². The molecule has 0 radical (unpaired) electrons. The van der Waals surface area contributed by atoms with E-state index in [2.05, 4.69) is 0 Å². The van der Waals surface area contributed by atoms with Gasteiger partial charge in [0.15, 0.2) is 0 Å². The van der Waals surface area contributed by atoms with Crippen molar-refractivity contribution in [3.8, 4) is 0 Å². The van der Waals surface area contributed by atoms with Crippen molar-refractivity contribution < 1.29 is 61.1 Å². The summed E-state index contributed by atoms with van der Waals surface area (Å²) in [6, 6.07) is 16.8. The molecule has 236 valence electrons. The maximum absolute atomic E-state index is 14.9. The molecular weight excluding hydrogens is 639 g/mol. The first kappa shape index (κ1) is 34.3. The van der Waals surface area contributed by atoms with Gasteiger partial charge in [-0.3, -0.25) is 0 Å². The van der Waals surface area contributed by atoms with E-state index in [4.69, 9.17) is 8.37 Å². The second-order valence-electron chi connectivity index (χ2n) is 9.89. The van der Waals surface area contributed by atoms with Crippen LogP contribution in [0.15, 0.2) is 99.6 Å². The zero-order chi connectivity index (χ0) is 32.7. The number of esters is 1. The normalized spacial score (nSPS) is 14.3. The third-order valence-electron chi connectivity index (χ3n) is 5.59. The summed E-state index contributed by atoms with van der Waals surface area (Å²) in [5.41, 5.74) is -1.05. The van der Waals surface area contributed by atoms with Gasteiger partial charge in [-0.15, -0.1) is 0 Å². The predicted octanol–water partition coefficient (Wildman–Crippen LogP) is 8.61. The first-order chi connectivity index (χ1) is 19.5. The smallest absolute Gasteiger partial charge is 0.456 e. The molecular formula is C27H23F9O5S2. The fraction of sp³-hybridized carbons (Fsp3) is 0.296. The van der Waals surface area contributed by atoms with E-state index in [1.165, 1.54) is 36.4 Å². The van der Waals surface area contributed by atoms with E-state index in [0.717, 1.165) is 48.5 Å². The molecule has 0 fully saturated rings. The molecule has 0 saturated carbocycles. The van der Waals surface area contributed by atoms with Gasteiger partial charge in [-0.25, -0.2) is 8.42 Å². The van der Waals surface area contributed by atoms with Crippen molar-refractivity contribution in [3.63, 3.8) is 0 Å². The summed E-state index contributed by atoms with van der Waals surface area (Å²) in [6.45, 7) is 4.70. The first-order valence-corrected chi connectivity index (χ1v) is 14.9. The molecule has 0 heterocycles. The summed E-state index contributed by atoms with van der Waals surface area (Å²) in [7, 11) is -11.5. The third-order valence-corrected chi connectivity index (χ3v) is 10.8. The molecule has 16 heteroatoms. The number of carbonyl (C=O) groups excluding carboxylic acids is 1. The Labute approximate surface area is 242 Å². The highest BCUT2D eigenvalue weighted by Gasteiger charge is 2.86. The maximum atomic E-state index is 14.9. The van der Waals surface area contributed by atoms with Crippen LogP contribution in [0.1, 0.15) is 31.1 Å². The second-order valence-corrected chi connectivity index (χ2v) is 14.4. The fourth-order valence-corrected chi connectivity index (χ4v) is 8.78. The van der Waals surface area contributed by atoms with Crippen LogP contribution in [-0.4, -0.2) is 43.3 Å². The van der Waals surface area contributed by atoms with Crippen LogP contribution in [-0.2, 0) is 18.5 Å². The minimum Gasteiger partial charge on any atom is -0.456 e. The van der Waals surface area contributed by atoms with Crippen LogP contribution in [0.5, 0.6) is 0 Å². The Bertz CT molecular complexity index is 1500. The highest BCUT2D eigenvalue weighted by molar-refractivity contribution is 8.33. The molecule has 0 N–H and O–H groups in total. The molecule has 0 atom stereocenters. The fourth-order valence-electron chi connectivity index (χ4n) is 3.56. The summed E-state index contributed by atoms with van der Waals surface area (Å²) in [4.78, 5) is 11.7. The van der Waals surface area contributed by atoms with Gasteiger partial charge in [0.1, 0.15) is 5.60 Å². The summed E-state index contributed by atoms with van der Waals surface area (Å²) in [5.74, 6) is -15.8. The van der Waals surface area contributed by atoms with Crippen LogP contribution in [0.4, 0.5) is 39.5 Å². The lowest BCUT2D eigenvalue weighted by Crippen LogP contribution is -2.63. The Morgan fingerprint density at radius 3 is 1.37 bits per heavy atom. The number of halogens is 9. The second kappa shape index (κ2) is 11.4. The van der Waals surface area contributed by atoms with Crippen molar-refractivity contribution in [2.75, 3.05) is 0 Å². The van der Waals surface area contributed by atoms with Crippen LogP contribution in [0.2, 0.25) is 0 Å². The quantitative estimate of drug-likeness (QED) is 0.170. The topological polar surface area (TPSA) is 69.7 Å². The molecule has 0 amide bonds. The van der Waals surface area contributed by atoms with Crippen LogP contribution in [0, 0.1) is 0 Å². The molecule has 0 saturated heterocycles. The summed E-state index contributed by atoms with van der Waals surface area (Å²) >= 11 is 0. The Morgan fingerprint density at radius 1 is 0.605 bits per heavy atom. The number of hydrogen-bond donors (Lipinski definition) is 0. The van der Waals surface area contributed by atoms with E-state index >= 15 is 0 Å². The van der Waals surface area contributed by atoms with Crippen LogP contribution < -0.4 is 0 Å². The Morgan fingerprint density at radius 2 is 1.00 bits per heavy atom. The summed E-state index contributed by atoms with van der Waals surface area (Å²) in [5, 5.41) is -7.10. The highest BCUT2D eigenvalue weighted by atomic mass is 32.3. The first-order valence-electron chi connectivity index (χ1n) is 11.9. The minimum atomic E-state index is -7.50. The average molecular weight is 663 g/mol. The molecule has 0 unspecified atom stereocenters. The number of benzene rings is 3. The summed E-state index contributed by atoms with van der Waals surface area (Å²) < 4.78 is 160. The Kier molecular flexibility index (Phi) is 9.05. The molecule has 43 heavy (non-hydrogen) atoms. The SMILES string of the molecule is CC(C)(C)OC(=O)c1ccc(S(OS(=O)(=O)C(F)(F)C(F)(F)C(F)(F)C(F)(F)F)(c2ccccc2)c2ccccc2)cc1. The monoisotopic (exact) mass is 662 g/mol. The van der Waals surface area contributed by atoms with Gasteiger partial charge < -0.3 is 4.74 Å². The standard InChI is InChI=1S/C27H23F9O5S2/c1-23(2,3)40-22(37)18-14-16-21(17-15-18)42(19-10-6-4-7-11-19,20-12-8-5-9-13-20)41-43(38,39)27(35,36)25(30,31)24(28,29)26(32,33)34/h4-17H,1-3H3. The van der Waals surface area contributed by atoms with Crippen molar-refractivity contribution in [3.05, 3.63) is 90.5 Å². The number of hydrogen-bond acceptors (Lipinski definition) is 5. The third kappa shape index (κ3) is 6.22. The van der Waals surface area contributed by atoms with Crippen molar-refractivity contribution >= 4 is 26.4 Å². The largest absolute Gasteiger partial charge is 0.460 e. The van der Waals surface area contributed by atoms with Crippen molar-refractivity contribution in [2.45, 2.75) is 64.3 Å². The van der Waals surface area contributed by atoms with Crippen molar-refractivity contribution in [2.24, 2.45) is 0 Å². The van der Waals surface area contributed by atoms with Crippen molar-refractivity contribution in [1.29, 1.82) is 0 Å². The van der Waals surface area contributed by atoms with Gasteiger partial charge in [-0.2, -0.15) is 47.9 Å². The zero-order valence-electron chi connectivity index (χ0n) is 22.3. The molecule has 0 aliphatic rings. The van der Waals surface area contributed by atoms with Crippen LogP contribution in [0.25, 0.3) is 0 Å². The van der Waals surface area contributed by atoms with Gasteiger partial charge >= 0.3 is 39.4 Å². The lowest BCUT2D eigenvalue weighted by molar-refractivity contribution is -0.382. The molecule has 0 aromatic heterocycles. The van der Waals surface area contributed by atoms with E-state index in [1.807, 2.05) is 0 Å². The Balaban J connectivity index is 2.32. The highest BCUT2D eigenvalue weighted by Crippen LogP contribution is 2.71. The minimum absolute atomic E-state index is 0.113. The van der Waals surface area contributed by atoms with E-state index in [9.17, 15) is 52.7 Å².